The molecule has 1 aromatic rings. The van der Waals surface area contributed by atoms with Gasteiger partial charge in [-0.15, -0.1) is 0 Å². The quantitative estimate of drug-likeness (QED) is 0.738. The Hall–Kier alpha value is -1.56. The van der Waals surface area contributed by atoms with E-state index in [0.717, 1.165) is 19.4 Å². The van der Waals surface area contributed by atoms with Crippen molar-refractivity contribution in [1.29, 1.82) is 0 Å². The van der Waals surface area contributed by atoms with Gasteiger partial charge in [0.05, 0.1) is 12.7 Å². The number of amides is 1. The highest BCUT2D eigenvalue weighted by atomic mass is 16.6. The number of methoxy groups -OCH3 is 1. The zero-order valence-corrected chi connectivity index (χ0v) is 11.4. The Balaban J connectivity index is 2.34. The molecule has 1 aromatic heterocycles. The molecule has 0 fully saturated rings. The first-order valence-corrected chi connectivity index (χ1v) is 5.99. The fourth-order valence-corrected chi connectivity index (χ4v) is 1.56. The molecule has 6 heteroatoms. The zero-order chi connectivity index (χ0) is 13.5. The number of nitrogens with zero attached hydrogens (tertiary/aromatic N) is 2. The third-order valence-corrected chi connectivity index (χ3v) is 2.60. The van der Waals surface area contributed by atoms with E-state index in [4.69, 9.17) is 9.26 Å². The Kier molecular flexibility index (Phi) is 5.64. The summed E-state index contributed by atoms with van der Waals surface area (Å²) in [5.41, 5.74) is 0.919. The van der Waals surface area contributed by atoms with Crippen molar-refractivity contribution < 1.29 is 14.1 Å². The highest BCUT2D eigenvalue weighted by Crippen LogP contribution is 2.19. The molecule has 1 rings (SSSR count). The number of hydrogen-bond donors (Lipinski definition) is 1. The predicted molar refractivity (Wildman–Crippen MR) is 67.9 cm³/mol. The summed E-state index contributed by atoms with van der Waals surface area (Å²) in [6.45, 7) is 3.41. The second-order valence-electron chi connectivity index (χ2n) is 4.41. The maximum atomic E-state index is 11.8. The van der Waals surface area contributed by atoms with Crippen LogP contribution in [-0.4, -0.2) is 50.3 Å². The number of ether oxygens (including phenoxy) is 1. The van der Waals surface area contributed by atoms with Crippen LogP contribution in [-0.2, 0) is 0 Å². The monoisotopic (exact) mass is 255 g/mol. The zero-order valence-electron chi connectivity index (χ0n) is 11.4. The van der Waals surface area contributed by atoms with Crippen LogP contribution < -0.4 is 10.1 Å². The summed E-state index contributed by atoms with van der Waals surface area (Å²) in [7, 11) is 5.55. The second-order valence-corrected chi connectivity index (χ2v) is 4.41. The van der Waals surface area contributed by atoms with Crippen LogP contribution >= 0.6 is 0 Å². The van der Waals surface area contributed by atoms with Crippen molar-refractivity contribution in [3.63, 3.8) is 0 Å². The van der Waals surface area contributed by atoms with Crippen LogP contribution in [0.15, 0.2) is 4.52 Å². The molecule has 1 amide bonds. The van der Waals surface area contributed by atoms with Gasteiger partial charge in [-0.25, -0.2) is 0 Å². The van der Waals surface area contributed by atoms with Gasteiger partial charge in [-0.1, -0.05) is 5.16 Å². The molecule has 0 saturated carbocycles. The summed E-state index contributed by atoms with van der Waals surface area (Å²) in [4.78, 5) is 13.9. The lowest BCUT2D eigenvalue weighted by atomic mass is 10.2. The molecule has 1 N–H and O–H groups in total. The van der Waals surface area contributed by atoms with Crippen LogP contribution in [0.4, 0.5) is 0 Å². The van der Waals surface area contributed by atoms with Gasteiger partial charge in [-0.2, -0.15) is 0 Å². The van der Waals surface area contributed by atoms with Gasteiger partial charge in [0, 0.05) is 6.54 Å². The average molecular weight is 255 g/mol. The van der Waals surface area contributed by atoms with Crippen LogP contribution in [0.3, 0.4) is 0 Å². The number of rotatable bonds is 7. The van der Waals surface area contributed by atoms with Gasteiger partial charge in [-0.05, 0) is 40.4 Å². The Morgan fingerprint density at radius 1 is 1.44 bits per heavy atom. The minimum absolute atomic E-state index is 0.218. The number of unbranched alkanes of at least 4 members (excludes halogenated alkanes) is 1. The van der Waals surface area contributed by atoms with E-state index in [1.165, 1.54) is 7.11 Å². The highest BCUT2D eigenvalue weighted by Gasteiger charge is 2.18. The Labute approximate surface area is 107 Å². The Morgan fingerprint density at radius 2 is 2.17 bits per heavy atom. The van der Waals surface area contributed by atoms with Crippen molar-refractivity contribution in [2.75, 3.05) is 34.3 Å². The first-order chi connectivity index (χ1) is 8.56. The summed E-state index contributed by atoms with van der Waals surface area (Å²) in [6.07, 6.45) is 1.99. The highest BCUT2D eigenvalue weighted by molar-refractivity contribution is 5.93. The van der Waals surface area contributed by atoms with Crippen LogP contribution in [0.2, 0.25) is 0 Å². The molecular formula is C12H21N3O3. The van der Waals surface area contributed by atoms with E-state index >= 15 is 0 Å². The van der Waals surface area contributed by atoms with Crippen LogP contribution in [0, 0.1) is 6.92 Å². The molecule has 1 heterocycles. The standard InChI is InChI=1S/C12H21N3O3/c1-9-10(14-18-12(9)17-4)11(16)13-7-5-6-8-15(2)3/h5-8H2,1-4H3,(H,13,16). The Bertz CT molecular complexity index is 388. The molecule has 0 radical (unpaired) electrons. The van der Waals surface area contributed by atoms with E-state index in [2.05, 4.69) is 15.4 Å². The van der Waals surface area contributed by atoms with Crippen molar-refractivity contribution in [2.24, 2.45) is 0 Å². The van der Waals surface area contributed by atoms with Gasteiger partial charge in [0.1, 0.15) is 0 Å². The van der Waals surface area contributed by atoms with Gasteiger partial charge in [0.2, 0.25) is 0 Å². The molecule has 6 nitrogen and oxygen atoms in total. The maximum Gasteiger partial charge on any atom is 0.314 e. The number of nitrogens with one attached hydrogen (secondary N) is 1. The lowest BCUT2D eigenvalue weighted by Gasteiger charge is -2.08. The van der Waals surface area contributed by atoms with Crippen LogP contribution in [0.1, 0.15) is 28.9 Å². The van der Waals surface area contributed by atoms with Crippen molar-refractivity contribution in [2.45, 2.75) is 19.8 Å². The van der Waals surface area contributed by atoms with Gasteiger partial charge < -0.3 is 19.5 Å². The lowest BCUT2D eigenvalue weighted by Crippen LogP contribution is -2.26. The van der Waals surface area contributed by atoms with E-state index < -0.39 is 0 Å². The van der Waals surface area contributed by atoms with Crippen molar-refractivity contribution in [3.05, 3.63) is 11.3 Å². The first kappa shape index (κ1) is 14.5. The first-order valence-electron chi connectivity index (χ1n) is 5.99. The molecular weight excluding hydrogens is 234 g/mol. The van der Waals surface area contributed by atoms with Gasteiger partial charge in [-0.3, -0.25) is 4.79 Å². The molecule has 0 aliphatic rings. The summed E-state index contributed by atoms with van der Waals surface area (Å²) >= 11 is 0. The Morgan fingerprint density at radius 3 is 2.72 bits per heavy atom. The fourth-order valence-electron chi connectivity index (χ4n) is 1.56. The van der Waals surface area contributed by atoms with Gasteiger partial charge in [0.25, 0.3) is 5.91 Å². The summed E-state index contributed by atoms with van der Waals surface area (Å²) in [6, 6.07) is 0. The number of carbonyl (C=O) groups is 1. The van der Waals surface area contributed by atoms with E-state index in [1.54, 1.807) is 6.92 Å². The van der Waals surface area contributed by atoms with E-state index in [9.17, 15) is 4.79 Å². The SMILES string of the molecule is COc1onc(C(=O)NCCCCN(C)C)c1C. The van der Waals surface area contributed by atoms with Crippen molar-refractivity contribution >= 4 is 5.91 Å². The molecule has 0 aromatic carbocycles. The van der Waals surface area contributed by atoms with Crippen LogP contribution in [0.25, 0.3) is 0 Å². The molecule has 0 atom stereocenters. The molecule has 18 heavy (non-hydrogen) atoms. The molecule has 0 saturated heterocycles. The number of aromatic nitrogens is 1. The third kappa shape index (κ3) is 4.03. The second kappa shape index (κ2) is 7.00. The third-order valence-electron chi connectivity index (χ3n) is 2.60. The largest absolute Gasteiger partial charge is 0.467 e. The fraction of sp³-hybridized carbons (Fsp3) is 0.667. The van der Waals surface area contributed by atoms with E-state index in [0.29, 0.717) is 17.8 Å². The smallest absolute Gasteiger partial charge is 0.314 e. The minimum Gasteiger partial charge on any atom is -0.467 e. The summed E-state index contributed by atoms with van der Waals surface area (Å²) in [5, 5.41) is 6.51. The maximum absolute atomic E-state index is 11.8. The van der Waals surface area contributed by atoms with E-state index in [-0.39, 0.29) is 11.9 Å². The minimum atomic E-state index is -0.218. The topological polar surface area (TPSA) is 67.6 Å². The normalized spacial score (nSPS) is 10.7. The van der Waals surface area contributed by atoms with Gasteiger partial charge in [0.15, 0.2) is 5.69 Å². The molecule has 102 valence electrons. The molecule has 0 unspecified atom stereocenters. The molecule has 0 aliphatic heterocycles. The number of carbonyl (C=O) groups excluding carboxylic acids is 1. The lowest BCUT2D eigenvalue weighted by molar-refractivity contribution is 0.0943. The summed E-state index contributed by atoms with van der Waals surface area (Å²) < 4.78 is 9.82. The predicted octanol–water partition coefficient (Wildman–Crippen LogP) is 1.06. The van der Waals surface area contributed by atoms with Gasteiger partial charge >= 0.3 is 5.95 Å². The molecule has 0 bridgehead atoms. The van der Waals surface area contributed by atoms with Crippen LogP contribution in [0.5, 0.6) is 5.95 Å². The summed E-state index contributed by atoms with van der Waals surface area (Å²) in [5.74, 6) is 0.0668. The van der Waals surface area contributed by atoms with E-state index in [1.807, 2.05) is 14.1 Å². The molecule has 0 spiro atoms. The van der Waals surface area contributed by atoms with Crippen molar-refractivity contribution in [3.8, 4) is 5.95 Å². The molecule has 0 aliphatic carbocycles. The number of hydrogen-bond acceptors (Lipinski definition) is 5. The van der Waals surface area contributed by atoms with Crippen molar-refractivity contribution in [1.82, 2.24) is 15.4 Å². The average Bonchev–Trinajstić information content (AvgIpc) is 2.69.